The molecule has 152 valence electrons. The van der Waals surface area contributed by atoms with Gasteiger partial charge in [0.2, 0.25) is 0 Å². The normalized spacial score (nSPS) is 15.2. The van der Waals surface area contributed by atoms with E-state index in [1.165, 1.54) is 4.90 Å². The summed E-state index contributed by atoms with van der Waals surface area (Å²) in [6.07, 6.45) is 2.34. The number of nitrogens with zero attached hydrogens (tertiary/aromatic N) is 1. The van der Waals surface area contributed by atoms with Crippen LogP contribution in [0.1, 0.15) is 24.5 Å². The Morgan fingerprint density at radius 3 is 2.41 bits per heavy atom. The van der Waals surface area contributed by atoms with Crippen LogP contribution < -0.4 is 10.1 Å². The van der Waals surface area contributed by atoms with Gasteiger partial charge in [-0.15, -0.1) is 0 Å². The molecule has 2 aromatic rings. The fourth-order valence-electron chi connectivity index (χ4n) is 2.75. The molecule has 0 spiro atoms. The highest BCUT2D eigenvalue weighted by Crippen LogP contribution is 2.36. The number of carbonyl (C=O) groups is 2. The van der Waals surface area contributed by atoms with Gasteiger partial charge < -0.3 is 10.1 Å². The van der Waals surface area contributed by atoms with Crippen molar-refractivity contribution in [2.75, 3.05) is 6.54 Å². The maximum Gasteiger partial charge on any atom is 0.329 e. The van der Waals surface area contributed by atoms with Crippen LogP contribution in [-0.4, -0.2) is 23.4 Å². The summed E-state index contributed by atoms with van der Waals surface area (Å²) in [5.74, 6) is 0.275. The second-order valence-corrected chi connectivity index (χ2v) is 8.82. The smallest absolute Gasteiger partial charge is 0.329 e. The molecule has 0 bridgehead atoms. The Morgan fingerprint density at radius 2 is 1.79 bits per heavy atom. The molecule has 0 radical (unpaired) electrons. The van der Waals surface area contributed by atoms with E-state index in [1.54, 1.807) is 18.2 Å². The topological polar surface area (TPSA) is 58.6 Å². The summed E-state index contributed by atoms with van der Waals surface area (Å²) >= 11 is 19.0. The third-order valence-electron chi connectivity index (χ3n) is 4.11. The molecule has 1 N–H and O–H groups in total. The van der Waals surface area contributed by atoms with Gasteiger partial charge in [-0.25, -0.2) is 4.79 Å². The molecule has 0 aliphatic carbocycles. The lowest BCUT2D eigenvalue weighted by Gasteiger charge is -2.12. The van der Waals surface area contributed by atoms with E-state index in [1.807, 2.05) is 25.1 Å². The Morgan fingerprint density at radius 1 is 1.10 bits per heavy atom. The Balaban J connectivity index is 1.78. The van der Waals surface area contributed by atoms with E-state index in [0.717, 1.165) is 11.1 Å². The van der Waals surface area contributed by atoms with E-state index in [-0.39, 0.29) is 11.6 Å². The van der Waals surface area contributed by atoms with Crippen molar-refractivity contribution < 1.29 is 14.3 Å². The van der Waals surface area contributed by atoms with Gasteiger partial charge in [0.05, 0.1) is 19.0 Å². The van der Waals surface area contributed by atoms with Crippen molar-refractivity contribution in [2.24, 2.45) is 0 Å². The van der Waals surface area contributed by atoms with E-state index < -0.39 is 6.03 Å². The summed E-state index contributed by atoms with van der Waals surface area (Å²) in [5.41, 5.74) is 1.85. The average Bonchev–Trinajstić information content (AvgIpc) is 2.91. The van der Waals surface area contributed by atoms with Crippen LogP contribution in [0.25, 0.3) is 6.08 Å². The molecule has 29 heavy (non-hydrogen) atoms. The summed E-state index contributed by atoms with van der Waals surface area (Å²) in [5, 5.41) is 3.56. The zero-order chi connectivity index (χ0) is 21.1. The van der Waals surface area contributed by atoms with Gasteiger partial charge in [-0.3, -0.25) is 9.69 Å². The predicted octanol–water partition coefficient (Wildman–Crippen LogP) is 6.40. The van der Waals surface area contributed by atoms with Crippen molar-refractivity contribution in [3.63, 3.8) is 0 Å². The van der Waals surface area contributed by atoms with E-state index in [9.17, 15) is 9.59 Å². The van der Waals surface area contributed by atoms with Crippen LogP contribution in [0.15, 0.2) is 45.0 Å². The maximum atomic E-state index is 12.4. The average molecular weight is 563 g/mol. The SMILES string of the molecule is CCCN1C(=O)N/C(=C/c2cc(Br)c(OCc3ccc(Cl)c(Cl)c3)c(Br)c2)C1=O. The van der Waals surface area contributed by atoms with Crippen LogP contribution in [0.3, 0.4) is 0 Å². The Labute approximate surface area is 195 Å². The quantitative estimate of drug-likeness (QED) is 0.327. The number of carbonyl (C=O) groups excluding carboxylic acids is 2. The molecule has 1 heterocycles. The molecular weight excluding hydrogens is 547 g/mol. The number of halogens is 4. The molecular formula is C20H16Br2Cl2N2O3. The Bertz CT molecular complexity index is 988. The fraction of sp³-hybridized carbons (Fsp3) is 0.200. The number of amides is 3. The van der Waals surface area contributed by atoms with Crippen molar-refractivity contribution >= 4 is 73.1 Å². The summed E-state index contributed by atoms with van der Waals surface area (Å²) in [4.78, 5) is 25.5. The highest BCUT2D eigenvalue weighted by Gasteiger charge is 2.32. The highest BCUT2D eigenvalue weighted by molar-refractivity contribution is 9.11. The first-order valence-electron chi connectivity index (χ1n) is 8.70. The van der Waals surface area contributed by atoms with E-state index in [4.69, 9.17) is 27.9 Å². The number of hydrogen-bond acceptors (Lipinski definition) is 3. The number of rotatable bonds is 6. The molecule has 5 nitrogen and oxygen atoms in total. The summed E-state index contributed by atoms with van der Waals surface area (Å²) < 4.78 is 7.29. The third kappa shape index (κ3) is 5.15. The first-order valence-corrected chi connectivity index (χ1v) is 11.0. The second-order valence-electron chi connectivity index (χ2n) is 6.30. The zero-order valence-corrected chi connectivity index (χ0v) is 20.0. The van der Waals surface area contributed by atoms with Crippen molar-refractivity contribution in [1.82, 2.24) is 10.2 Å². The molecule has 3 amide bonds. The second kappa shape index (κ2) is 9.51. The molecule has 9 heteroatoms. The largest absolute Gasteiger partial charge is 0.487 e. The van der Waals surface area contributed by atoms with Crippen molar-refractivity contribution in [1.29, 1.82) is 0 Å². The van der Waals surface area contributed by atoms with E-state index in [2.05, 4.69) is 37.2 Å². The Hall–Kier alpha value is -1.54. The number of benzene rings is 2. The molecule has 2 aromatic carbocycles. The number of ether oxygens (including phenoxy) is 1. The first kappa shape index (κ1) is 22.2. The summed E-state index contributed by atoms with van der Waals surface area (Å²) in [7, 11) is 0. The Kier molecular flexibility index (Phi) is 7.27. The van der Waals surface area contributed by atoms with Crippen LogP contribution in [0.4, 0.5) is 4.79 Å². The fourth-order valence-corrected chi connectivity index (χ4v) is 4.52. The predicted molar refractivity (Wildman–Crippen MR) is 121 cm³/mol. The van der Waals surface area contributed by atoms with Gasteiger partial charge in [0, 0.05) is 6.54 Å². The number of urea groups is 1. The lowest BCUT2D eigenvalue weighted by atomic mass is 10.2. The van der Waals surface area contributed by atoms with E-state index in [0.29, 0.717) is 44.3 Å². The van der Waals surface area contributed by atoms with Crippen molar-refractivity contribution in [3.05, 3.63) is 66.1 Å². The molecule has 3 rings (SSSR count). The summed E-state index contributed by atoms with van der Waals surface area (Å²) in [6.45, 7) is 2.60. The minimum Gasteiger partial charge on any atom is -0.487 e. The molecule has 0 saturated carbocycles. The number of hydrogen-bond donors (Lipinski definition) is 1. The molecule has 1 aliphatic heterocycles. The van der Waals surface area contributed by atoms with Gasteiger partial charge >= 0.3 is 6.03 Å². The highest BCUT2D eigenvalue weighted by atomic mass is 79.9. The molecule has 1 fully saturated rings. The van der Waals surface area contributed by atoms with Crippen LogP contribution >= 0.6 is 55.1 Å². The van der Waals surface area contributed by atoms with Crippen LogP contribution in [-0.2, 0) is 11.4 Å². The van der Waals surface area contributed by atoms with Gasteiger partial charge in [0.1, 0.15) is 18.1 Å². The molecule has 0 atom stereocenters. The van der Waals surface area contributed by atoms with Gasteiger partial charge in [0.15, 0.2) is 0 Å². The molecule has 1 aliphatic rings. The third-order valence-corrected chi connectivity index (χ3v) is 6.03. The maximum absolute atomic E-state index is 12.4. The van der Waals surface area contributed by atoms with Crippen molar-refractivity contribution in [2.45, 2.75) is 20.0 Å². The number of imide groups is 1. The number of nitrogens with one attached hydrogen (secondary N) is 1. The summed E-state index contributed by atoms with van der Waals surface area (Å²) in [6, 6.07) is 8.53. The molecule has 0 aromatic heterocycles. The lowest BCUT2D eigenvalue weighted by molar-refractivity contribution is -0.122. The lowest BCUT2D eigenvalue weighted by Crippen LogP contribution is -2.31. The van der Waals surface area contributed by atoms with Gasteiger partial charge in [-0.2, -0.15) is 0 Å². The van der Waals surface area contributed by atoms with E-state index >= 15 is 0 Å². The van der Waals surface area contributed by atoms with Gasteiger partial charge in [-0.1, -0.05) is 36.2 Å². The van der Waals surface area contributed by atoms with Crippen LogP contribution in [0.2, 0.25) is 10.0 Å². The first-order chi connectivity index (χ1) is 13.8. The van der Waals surface area contributed by atoms with Crippen LogP contribution in [0.5, 0.6) is 5.75 Å². The van der Waals surface area contributed by atoms with Gasteiger partial charge in [-0.05, 0) is 79.7 Å². The standard InChI is InChI=1S/C20H16Br2Cl2N2O3/c1-2-5-26-19(27)17(25-20(26)28)9-12-6-13(21)18(14(22)7-12)29-10-11-3-4-15(23)16(24)8-11/h3-4,6-9H,2,5,10H2,1H3,(H,25,28)/b17-9+. The monoisotopic (exact) mass is 560 g/mol. The minimum atomic E-state index is -0.400. The minimum absolute atomic E-state index is 0.242. The van der Waals surface area contributed by atoms with Crippen LogP contribution in [0, 0.1) is 0 Å². The molecule has 0 unspecified atom stereocenters. The molecule has 1 saturated heterocycles. The van der Waals surface area contributed by atoms with Gasteiger partial charge in [0.25, 0.3) is 5.91 Å². The zero-order valence-electron chi connectivity index (χ0n) is 15.3. The van der Waals surface area contributed by atoms with Crippen molar-refractivity contribution in [3.8, 4) is 5.75 Å².